The molecular formula is C23H27F5N4O2. The zero-order valence-corrected chi connectivity index (χ0v) is 19.0. The molecule has 1 atom stereocenters. The first-order valence-corrected chi connectivity index (χ1v) is 11.2. The second-order valence-electron chi connectivity index (χ2n) is 9.31. The number of rotatable bonds is 4. The Bertz CT molecular complexity index is 1080. The summed E-state index contributed by atoms with van der Waals surface area (Å²) in [5, 5.41) is 0.323. The molecule has 1 aromatic carbocycles. The highest BCUT2D eigenvalue weighted by molar-refractivity contribution is 6.02. The van der Waals surface area contributed by atoms with E-state index in [9.17, 15) is 31.5 Å². The first kappa shape index (κ1) is 24.4. The summed E-state index contributed by atoms with van der Waals surface area (Å²) in [5.41, 5.74) is 0.260. The fourth-order valence-corrected chi connectivity index (χ4v) is 4.66. The second kappa shape index (κ2) is 8.83. The summed E-state index contributed by atoms with van der Waals surface area (Å²) in [6, 6.07) is 5.93. The fourth-order valence-electron chi connectivity index (χ4n) is 4.66. The summed E-state index contributed by atoms with van der Waals surface area (Å²) in [6.07, 6.45) is -4.82. The van der Waals surface area contributed by atoms with E-state index in [1.54, 1.807) is 4.90 Å². The van der Waals surface area contributed by atoms with Crippen molar-refractivity contribution in [2.45, 2.75) is 43.9 Å². The highest BCUT2D eigenvalue weighted by Gasteiger charge is 2.38. The van der Waals surface area contributed by atoms with Gasteiger partial charge in [-0.15, -0.1) is 0 Å². The number of halogens is 5. The molecule has 0 bridgehead atoms. The molecular weight excluding hydrogens is 459 g/mol. The Morgan fingerprint density at radius 1 is 1.03 bits per heavy atom. The summed E-state index contributed by atoms with van der Waals surface area (Å²) < 4.78 is 67.9. The Morgan fingerprint density at radius 3 is 2.29 bits per heavy atom. The molecule has 1 aromatic heterocycles. The number of likely N-dealkylation sites (tertiary alicyclic amines) is 2. The van der Waals surface area contributed by atoms with Gasteiger partial charge < -0.3 is 19.3 Å². The molecule has 186 valence electrons. The predicted octanol–water partition coefficient (Wildman–Crippen LogP) is 3.85. The van der Waals surface area contributed by atoms with Gasteiger partial charge in [-0.3, -0.25) is 9.59 Å². The van der Waals surface area contributed by atoms with Crippen molar-refractivity contribution in [1.29, 1.82) is 0 Å². The van der Waals surface area contributed by atoms with Crippen LogP contribution >= 0.6 is 0 Å². The maximum Gasteiger partial charge on any atom is 0.406 e. The van der Waals surface area contributed by atoms with Crippen molar-refractivity contribution in [2.75, 3.05) is 40.3 Å². The summed E-state index contributed by atoms with van der Waals surface area (Å²) in [4.78, 5) is 30.9. The van der Waals surface area contributed by atoms with Gasteiger partial charge in [0.05, 0.1) is 0 Å². The standard InChI is InChI=1S/C23H27F5N4O2/c1-29(2)17-5-8-31(13-17)20(33)15-3-4-18-16(11-15)12-19(32(18)14-23(26,27)28)21(34)30-9-6-22(24,25)7-10-30/h3-4,11-12,17H,5-10,13-14H2,1-2H3/t17-/m1/s1. The Labute approximate surface area is 193 Å². The number of hydrogen-bond donors (Lipinski definition) is 0. The maximum atomic E-state index is 13.5. The lowest BCUT2D eigenvalue weighted by molar-refractivity contribution is -0.140. The summed E-state index contributed by atoms with van der Waals surface area (Å²) in [7, 11) is 3.88. The minimum absolute atomic E-state index is 0.159. The molecule has 0 N–H and O–H groups in total. The molecule has 0 aliphatic carbocycles. The average Bonchev–Trinajstić information content (AvgIpc) is 3.37. The van der Waals surface area contributed by atoms with Crippen LogP contribution in [-0.4, -0.2) is 89.5 Å². The van der Waals surface area contributed by atoms with Crippen molar-refractivity contribution in [1.82, 2.24) is 19.3 Å². The molecule has 34 heavy (non-hydrogen) atoms. The van der Waals surface area contributed by atoms with Crippen molar-refractivity contribution in [3.63, 3.8) is 0 Å². The molecule has 2 aromatic rings. The lowest BCUT2D eigenvalue weighted by Crippen LogP contribution is -2.43. The molecule has 4 rings (SSSR count). The number of likely N-dealkylation sites (N-methyl/N-ethyl adjacent to an activating group) is 1. The Morgan fingerprint density at radius 2 is 1.71 bits per heavy atom. The lowest BCUT2D eigenvalue weighted by Gasteiger charge is -2.32. The topological polar surface area (TPSA) is 48.8 Å². The van der Waals surface area contributed by atoms with E-state index in [-0.39, 0.29) is 36.2 Å². The molecule has 2 aliphatic rings. The number of hydrogen-bond acceptors (Lipinski definition) is 3. The summed E-state index contributed by atoms with van der Waals surface area (Å²) in [5.74, 6) is -3.83. The van der Waals surface area contributed by atoms with E-state index in [1.165, 1.54) is 24.3 Å². The highest BCUT2D eigenvalue weighted by atomic mass is 19.4. The van der Waals surface area contributed by atoms with E-state index in [4.69, 9.17) is 0 Å². The lowest BCUT2D eigenvalue weighted by atomic mass is 10.1. The van der Waals surface area contributed by atoms with E-state index in [1.807, 2.05) is 19.0 Å². The van der Waals surface area contributed by atoms with E-state index in [2.05, 4.69) is 0 Å². The SMILES string of the molecule is CN(C)[C@@H]1CCN(C(=O)c2ccc3c(c2)cc(C(=O)N2CCC(F)(F)CC2)n3CC(F)(F)F)C1. The third-order valence-electron chi connectivity index (χ3n) is 6.67. The van der Waals surface area contributed by atoms with E-state index >= 15 is 0 Å². The fraction of sp³-hybridized carbons (Fsp3) is 0.565. The number of benzene rings is 1. The minimum Gasteiger partial charge on any atom is -0.337 e. The highest BCUT2D eigenvalue weighted by Crippen LogP contribution is 2.31. The maximum absolute atomic E-state index is 13.5. The van der Waals surface area contributed by atoms with Gasteiger partial charge in [-0.1, -0.05) is 0 Å². The number of aromatic nitrogens is 1. The zero-order valence-electron chi connectivity index (χ0n) is 19.0. The van der Waals surface area contributed by atoms with Gasteiger partial charge in [0.1, 0.15) is 12.2 Å². The van der Waals surface area contributed by atoms with Gasteiger partial charge >= 0.3 is 6.18 Å². The molecule has 2 aliphatic heterocycles. The van der Waals surface area contributed by atoms with Crippen molar-refractivity contribution >= 4 is 22.7 Å². The molecule has 0 unspecified atom stereocenters. The Kier molecular flexibility index (Phi) is 6.34. The largest absolute Gasteiger partial charge is 0.406 e. The minimum atomic E-state index is -4.60. The normalized spacial score (nSPS) is 21.0. The van der Waals surface area contributed by atoms with Crippen LogP contribution < -0.4 is 0 Å². The number of carbonyl (C=O) groups is 2. The van der Waals surface area contributed by atoms with Crippen LogP contribution in [0.4, 0.5) is 22.0 Å². The molecule has 6 nitrogen and oxygen atoms in total. The summed E-state index contributed by atoms with van der Waals surface area (Å²) >= 11 is 0. The first-order valence-electron chi connectivity index (χ1n) is 11.2. The molecule has 2 fully saturated rings. The van der Waals surface area contributed by atoms with Crippen LogP contribution in [0.2, 0.25) is 0 Å². The third kappa shape index (κ3) is 5.03. The monoisotopic (exact) mass is 486 g/mol. The van der Waals surface area contributed by atoms with Gasteiger partial charge in [-0.05, 0) is 44.8 Å². The molecule has 3 heterocycles. The van der Waals surface area contributed by atoms with Crippen molar-refractivity contribution < 1.29 is 31.5 Å². The quantitative estimate of drug-likeness (QED) is 0.617. The molecule has 0 spiro atoms. The molecule has 2 amide bonds. The number of amides is 2. The average molecular weight is 486 g/mol. The van der Waals surface area contributed by atoms with E-state index in [0.29, 0.717) is 24.0 Å². The van der Waals surface area contributed by atoms with Crippen LogP contribution in [0.25, 0.3) is 10.9 Å². The van der Waals surface area contributed by atoms with Crippen molar-refractivity contribution in [3.05, 3.63) is 35.5 Å². The zero-order chi connectivity index (χ0) is 24.8. The smallest absolute Gasteiger partial charge is 0.337 e. The first-order chi connectivity index (χ1) is 15.8. The van der Waals surface area contributed by atoms with E-state index < -0.39 is 37.4 Å². The third-order valence-corrected chi connectivity index (χ3v) is 6.67. The molecule has 11 heteroatoms. The molecule has 0 radical (unpaired) electrons. The second-order valence-corrected chi connectivity index (χ2v) is 9.31. The van der Waals surface area contributed by atoms with Gasteiger partial charge in [0.15, 0.2) is 0 Å². The van der Waals surface area contributed by atoms with E-state index in [0.717, 1.165) is 15.9 Å². The Hall–Kier alpha value is -2.69. The number of fused-ring (bicyclic) bond motifs is 1. The van der Waals surface area contributed by atoms with Gasteiger partial charge in [-0.25, -0.2) is 8.78 Å². The van der Waals surface area contributed by atoms with Crippen LogP contribution in [0.5, 0.6) is 0 Å². The number of alkyl halides is 5. The van der Waals surface area contributed by atoms with Gasteiger partial charge in [-0.2, -0.15) is 13.2 Å². The van der Waals surface area contributed by atoms with Gasteiger partial charge in [0.2, 0.25) is 0 Å². The number of carbonyl (C=O) groups excluding carboxylic acids is 2. The van der Waals surface area contributed by atoms with Crippen LogP contribution in [-0.2, 0) is 6.54 Å². The Balaban J connectivity index is 1.65. The van der Waals surface area contributed by atoms with Crippen LogP contribution in [0.15, 0.2) is 24.3 Å². The van der Waals surface area contributed by atoms with Crippen LogP contribution in [0.1, 0.15) is 40.1 Å². The van der Waals surface area contributed by atoms with Gasteiger partial charge in [0.25, 0.3) is 17.7 Å². The van der Waals surface area contributed by atoms with Crippen molar-refractivity contribution in [2.24, 2.45) is 0 Å². The van der Waals surface area contributed by atoms with Gasteiger partial charge in [0, 0.05) is 61.5 Å². The number of piperidine rings is 1. The summed E-state index contributed by atoms with van der Waals surface area (Å²) in [6.45, 7) is -0.720. The number of nitrogens with zero attached hydrogens (tertiary/aromatic N) is 4. The predicted molar refractivity (Wildman–Crippen MR) is 116 cm³/mol. The molecule has 0 saturated carbocycles. The van der Waals surface area contributed by atoms with Crippen LogP contribution in [0.3, 0.4) is 0 Å². The molecule has 2 saturated heterocycles. The van der Waals surface area contributed by atoms with Crippen molar-refractivity contribution in [3.8, 4) is 0 Å². The van der Waals surface area contributed by atoms with Crippen LogP contribution in [0, 0.1) is 0 Å².